The van der Waals surface area contributed by atoms with E-state index in [0.29, 0.717) is 26.1 Å². The summed E-state index contributed by atoms with van der Waals surface area (Å²) in [6, 6.07) is 23.8. The fourth-order valence-corrected chi connectivity index (χ4v) is 5.64. The number of aryl methyl sites for hydroxylation is 1. The number of aromatic nitrogens is 1. The Balaban J connectivity index is 1.29. The molecule has 7 heteroatoms. The number of aliphatic hydroxyl groups excluding tert-OH is 1. The highest BCUT2D eigenvalue weighted by atomic mass is 16.7. The van der Waals surface area contributed by atoms with Crippen LogP contribution in [0.5, 0.6) is 0 Å². The number of nitrogens with zero attached hydrogens (tertiary/aromatic N) is 2. The Labute approximate surface area is 248 Å². The van der Waals surface area contributed by atoms with Gasteiger partial charge in [-0.15, -0.1) is 0 Å². The molecule has 4 aromatic rings. The zero-order valence-corrected chi connectivity index (χ0v) is 24.8. The van der Waals surface area contributed by atoms with Crippen molar-refractivity contribution in [3.05, 3.63) is 107 Å². The van der Waals surface area contributed by atoms with E-state index in [1.165, 1.54) is 16.5 Å². The molecule has 1 amide bonds. The van der Waals surface area contributed by atoms with E-state index in [1.54, 1.807) is 12.0 Å². The maximum atomic E-state index is 13.7. The number of hydrogen-bond acceptors (Lipinski definition) is 5. The van der Waals surface area contributed by atoms with E-state index in [9.17, 15) is 9.90 Å². The molecule has 1 aliphatic heterocycles. The van der Waals surface area contributed by atoms with Crippen LogP contribution in [0, 0.1) is 24.7 Å². The van der Waals surface area contributed by atoms with Gasteiger partial charge in [0.15, 0.2) is 0 Å². The van der Waals surface area contributed by atoms with Crippen molar-refractivity contribution >= 4 is 16.8 Å². The second-order valence-corrected chi connectivity index (χ2v) is 11.5. The molecule has 3 aromatic carbocycles. The summed E-state index contributed by atoms with van der Waals surface area (Å²) >= 11 is 0. The largest absolute Gasteiger partial charge is 0.391 e. The Morgan fingerprint density at radius 2 is 1.71 bits per heavy atom. The monoisotopic (exact) mass is 564 g/mol. The summed E-state index contributed by atoms with van der Waals surface area (Å²) in [5, 5.41) is 16.7. The third-order valence-electron chi connectivity index (χ3n) is 7.78. The fraction of sp³-hybridized carbons (Fsp3) is 0.343. The molecule has 2 heterocycles. The maximum absolute atomic E-state index is 13.7. The van der Waals surface area contributed by atoms with Crippen molar-refractivity contribution in [3.63, 3.8) is 0 Å². The number of hydrogen-bond donors (Lipinski definition) is 3. The third-order valence-corrected chi connectivity index (χ3v) is 7.78. The summed E-state index contributed by atoms with van der Waals surface area (Å²) in [6.07, 6.45) is 1.51. The van der Waals surface area contributed by atoms with Gasteiger partial charge < -0.3 is 20.3 Å². The number of nitrogens with one attached hydrogen (secondary N) is 2. The first kappa shape index (κ1) is 29.6. The smallest absolute Gasteiger partial charge is 0.240 e. The number of benzene rings is 3. The minimum atomic E-state index is -0.721. The van der Waals surface area contributed by atoms with Crippen LogP contribution in [-0.2, 0) is 22.6 Å². The van der Waals surface area contributed by atoms with E-state index in [4.69, 9.17) is 4.84 Å². The normalized spacial score (nSPS) is 19.5. The van der Waals surface area contributed by atoms with Crippen molar-refractivity contribution < 1.29 is 14.7 Å². The number of aliphatic hydroxyl groups is 1. The number of H-pyrrole nitrogens is 1. The number of hydroxylamine groups is 2. The van der Waals surface area contributed by atoms with Crippen LogP contribution >= 0.6 is 0 Å². The van der Waals surface area contributed by atoms with E-state index < -0.39 is 18.2 Å². The molecule has 0 bridgehead atoms. The summed E-state index contributed by atoms with van der Waals surface area (Å²) in [5.41, 5.74) is 6.36. The second kappa shape index (κ2) is 13.4. The van der Waals surface area contributed by atoms with E-state index >= 15 is 0 Å². The van der Waals surface area contributed by atoms with Crippen LogP contribution in [0.3, 0.4) is 0 Å². The van der Waals surface area contributed by atoms with Gasteiger partial charge in [0.1, 0.15) is 12.1 Å². The highest BCUT2D eigenvalue weighted by Crippen LogP contribution is 2.32. The topological polar surface area (TPSA) is 80.8 Å². The SMILES string of the molecule is Cc1ccc(C#Cc2ccc(CN3O[C@@H]([C@@H](C)O)[C@@H](CN(C)C)[C@@H]3C(=O)NCCc3c[nH]c4ccccc34)cc2)cc1. The van der Waals surface area contributed by atoms with E-state index in [2.05, 4.69) is 53.3 Å². The Morgan fingerprint density at radius 3 is 2.38 bits per heavy atom. The summed E-state index contributed by atoms with van der Waals surface area (Å²) in [5.74, 6) is 6.14. The van der Waals surface area contributed by atoms with E-state index in [0.717, 1.165) is 22.2 Å². The maximum Gasteiger partial charge on any atom is 0.240 e. The van der Waals surface area contributed by atoms with Crippen LogP contribution in [0.15, 0.2) is 79.0 Å². The standard InChI is InChI=1S/C35H40N4O3/c1-24-9-11-26(12-10-24)13-14-27-15-17-28(18-16-27)22-39-33(31(23-38(3)4)34(42-39)25(2)40)35(41)36-20-19-29-21-37-32-8-6-5-7-30(29)32/h5-12,15-18,21,25,31,33-34,37,40H,19-20,22-23H2,1-4H3,(H,36,41)/t25-,31+,33-,34+/m1/s1. The number of fused-ring (bicyclic) bond motifs is 1. The summed E-state index contributed by atoms with van der Waals surface area (Å²) in [4.78, 5) is 25.4. The van der Waals surface area contributed by atoms with E-state index in [-0.39, 0.29) is 11.8 Å². The van der Waals surface area contributed by atoms with Gasteiger partial charge >= 0.3 is 0 Å². The number of carbonyl (C=O) groups excluding carboxylic acids is 1. The molecule has 5 rings (SSSR count). The molecule has 218 valence electrons. The summed E-state index contributed by atoms with van der Waals surface area (Å²) in [6.45, 7) is 5.32. The minimum absolute atomic E-state index is 0.0922. The van der Waals surface area contributed by atoms with Crippen LogP contribution in [0.4, 0.5) is 0 Å². The number of carbonyl (C=O) groups is 1. The number of amides is 1. The van der Waals surface area contributed by atoms with Crippen molar-refractivity contribution in [2.75, 3.05) is 27.2 Å². The molecule has 42 heavy (non-hydrogen) atoms. The van der Waals surface area contributed by atoms with Crippen LogP contribution in [0.2, 0.25) is 0 Å². The highest BCUT2D eigenvalue weighted by Gasteiger charge is 2.48. The zero-order valence-electron chi connectivity index (χ0n) is 24.8. The Morgan fingerprint density at radius 1 is 1.05 bits per heavy atom. The van der Waals surface area contributed by atoms with Gasteiger partial charge in [-0.25, -0.2) is 0 Å². The van der Waals surface area contributed by atoms with Gasteiger partial charge in [0.25, 0.3) is 0 Å². The van der Waals surface area contributed by atoms with Gasteiger partial charge in [-0.05, 0) is 75.8 Å². The average Bonchev–Trinajstić information content (AvgIpc) is 3.54. The Kier molecular flexibility index (Phi) is 9.41. The van der Waals surface area contributed by atoms with Gasteiger partial charge in [-0.2, -0.15) is 5.06 Å². The average molecular weight is 565 g/mol. The first-order valence-electron chi connectivity index (χ1n) is 14.5. The molecule has 0 radical (unpaired) electrons. The first-order chi connectivity index (χ1) is 20.3. The van der Waals surface area contributed by atoms with Gasteiger partial charge in [0.2, 0.25) is 5.91 Å². The number of para-hydroxylation sites is 1. The molecule has 1 fully saturated rings. The molecule has 3 N–H and O–H groups in total. The summed E-state index contributed by atoms with van der Waals surface area (Å²) in [7, 11) is 3.95. The first-order valence-corrected chi connectivity index (χ1v) is 14.5. The highest BCUT2D eigenvalue weighted by molar-refractivity contribution is 5.84. The van der Waals surface area contributed by atoms with Crippen LogP contribution in [0.25, 0.3) is 10.9 Å². The van der Waals surface area contributed by atoms with Crippen molar-refractivity contribution in [3.8, 4) is 11.8 Å². The van der Waals surface area contributed by atoms with Crippen molar-refractivity contribution in [1.29, 1.82) is 0 Å². The second-order valence-electron chi connectivity index (χ2n) is 11.5. The lowest BCUT2D eigenvalue weighted by Crippen LogP contribution is -2.49. The molecule has 0 saturated carbocycles. The lowest BCUT2D eigenvalue weighted by Gasteiger charge is -2.27. The predicted octanol–water partition coefficient (Wildman–Crippen LogP) is 4.28. The van der Waals surface area contributed by atoms with Crippen LogP contribution in [-0.4, -0.2) is 71.4 Å². The molecular weight excluding hydrogens is 524 g/mol. The van der Waals surface area contributed by atoms with Crippen LogP contribution < -0.4 is 5.32 Å². The lowest BCUT2D eigenvalue weighted by molar-refractivity contribution is -0.192. The van der Waals surface area contributed by atoms with Crippen molar-refractivity contribution in [1.82, 2.24) is 20.3 Å². The molecule has 1 saturated heterocycles. The molecule has 0 aliphatic carbocycles. The molecule has 1 aromatic heterocycles. The number of rotatable bonds is 9. The van der Waals surface area contributed by atoms with E-state index in [1.807, 2.05) is 73.7 Å². The van der Waals surface area contributed by atoms with Gasteiger partial charge in [0.05, 0.1) is 12.6 Å². The minimum Gasteiger partial charge on any atom is -0.391 e. The van der Waals surface area contributed by atoms with Gasteiger partial charge in [-0.3, -0.25) is 9.63 Å². The predicted molar refractivity (Wildman–Crippen MR) is 167 cm³/mol. The molecule has 7 nitrogen and oxygen atoms in total. The quantitative estimate of drug-likeness (QED) is 0.265. The lowest BCUT2D eigenvalue weighted by atomic mass is 9.90. The Hall–Kier alpha value is -3.93. The molecular formula is C35H40N4O3. The van der Waals surface area contributed by atoms with Gasteiger partial charge in [-0.1, -0.05) is 59.9 Å². The van der Waals surface area contributed by atoms with Crippen molar-refractivity contribution in [2.45, 2.75) is 45.1 Å². The molecule has 1 aliphatic rings. The van der Waals surface area contributed by atoms with Gasteiger partial charge in [0, 0.05) is 47.2 Å². The Bertz CT molecular complexity index is 1550. The summed E-state index contributed by atoms with van der Waals surface area (Å²) < 4.78 is 0. The fourth-order valence-electron chi connectivity index (χ4n) is 5.64. The zero-order chi connectivity index (χ0) is 29.6. The molecule has 0 spiro atoms. The van der Waals surface area contributed by atoms with Crippen LogP contribution in [0.1, 0.15) is 34.7 Å². The molecule has 0 unspecified atom stereocenters. The third kappa shape index (κ3) is 7.10. The number of aromatic amines is 1. The van der Waals surface area contributed by atoms with Crippen molar-refractivity contribution in [2.24, 2.45) is 5.92 Å². The molecule has 4 atom stereocenters.